The Kier molecular flexibility index (Phi) is 4.16. The van der Waals surface area contributed by atoms with Crippen molar-refractivity contribution in [1.82, 2.24) is 9.71 Å². The van der Waals surface area contributed by atoms with Crippen LogP contribution >= 0.6 is 0 Å². The first-order valence-electron chi connectivity index (χ1n) is 5.84. The van der Waals surface area contributed by atoms with E-state index in [2.05, 4.69) is 14.9 Å². The number of rotatable bonds is 5. The molecule has 4 N–H and O–H groups in total. The molecule has 0 aliphatic carbocycles. The summed E-state index contributed by atoms with van der Waals surface area (Å²) in [6, 6.07) is 8.26. The molecular weight excluding hydrogens is 280 g/mol. The van der Waals surface area contributed by atoms with Gasteiger partial charge in [-0.2, -0.15) is 0 Å². The molecule has 0 fully saturated rings. The lowest BCUT2D eigenvalue weighted by atomic mass is 10.2. The van der Waals surface area contributed by atoms with E-state index < -0.39 is 10.0 Å². The normalized spacial score (nSPS) is 12.7. The average molecular weight is 294 g/mol. The molecule has 0 spiro atoms. The first kappa shape index (κ1) is 14.2. The summed E-state index contributed by atoms with van der Waals surface area (Å²) in [6.45, 7) is 0.0505. The molecule has 8 heteroatoms. The number of nitrogens with two attached hydrogens (primary N) is 1. The summed E-state index contributed by atoms with van der Waals surface area (Å²) < 4.78 is 26.9. The van der Waals surface area contributed by atoms with Gasteiger partial charge in [0.1, 0.15) is 5.84 Å². The van der Waals surface area contributed by atoms with Gasteiger partial charge in [0.25, 0.3) is 0 Å². The van der Waals surface area contributed by atoms with Crippen LogP contribution in [0.4, 0.5) is 0 Å². The Morgan fingerprint density at radius 3 is 2.90 bits per heavy atom. The van der Waals surface area contributed by atoms with Gasteiger partial charge >= 0.3 is 0 Å². The maximum absolute atomic E-state index is 12.2. The van der Waals surface area contributed by atoms with Crippen molar-refractivity contribution < 1.29 is 13.6 Å². The standard InChI is InChI=1S/C12H14N4O3S/c13-12(16-17)6-8-15-20(18,19)11-5-1-4-10-9(11)3-2-7-14-10/h1-5,7,15,17H,6,8H2,(H2,13,16). The lowest BCUT2D eigenvalue weighted by Crippen LogP contribution is -2.28. The Labute approximate surface area is 116 Å². The second kappa shape index (κ2) is 5.85. The first-order chi connectivity index (χ1) is 9.54. The van der Waals surface area contributed by atoms with Gasteiger partial charge in [0, 0.05) is 24.5 Å². The van der Waals surface area contributed by atoms with Gasteiger partial charge in [-0.05, 0) is 24.3 Å². The lowest BCUT2D eigenvalue weighted by molar-refractivity contribution is 0.317. The van der Waals surface area contributed by atoms with Crippen molar-refractivity contribution >= 4 is 26.8 Å². The molecule has 1 heterocycles. The summed E-state index contributed by atoms with van der Waals surface area (Å²) in [4.78, 5) is 4.27. The maximum atomic E-state index is 12.2. The van der Waals surface area contributed by atoms with E-state index in [-0.39, 0.29) is 23.7 Å². The number of oxime groups is 1. The van der Waals surface area contributed by atoms with E-state index in [0.717, 1.165) is 0 Å². The summed E-state index contributed by atoms with van der Waals surface area (Å²) in [7, 11) is -3.67. The zero-order chi connectivity index (χ0) is 14.6. The molecule has 106 valence electrons. The van der Waals surface area contributed by atoms with E-state index in [1.807, 2.05) is 0 Å². The first-order valence-corrected chi connectivity index (χ1v) is 7.33. The van der Waals surface area contributed by atoms with Crippen LogP contribution in [-0.4, -0.2) is 31.0 Å². The fourth-order valence-corrected chi connectivity index (χ4v) is 3.00. The Bertz CT molecular complexity index is 738. The third-order valence-corrected chi connectivity index (χ3v) is 4.22. The van der Waals surface area contributed by atoms with Crippen LogP contribution < -0.4 is 10.5 Å². The summed E-state index contributed by atoms with van der Waals surface area (Å²) in [6.07, 6.45) is 1.73. The molecule has 2 rings (SSSR count). The molecule has 20 heavy (non-hydrogen) atoms. The number of nitrogens with one attached hydrogen (secondary N) is 1. The predicted molar refractivity (Wildman–Crippen MR) is 75.0 cm³/mol. The van der Waals surface area contributed by atoms with Crippen LogP contribution in [0.1, 0.15) is 6.42 Å². The summed E-state index contributed by atoms with van der Waals surface area (Å²) in [5.41, 5.74) is 5.89. The van der Waals surface area contributed by atoms with Crippen LogP contribution in [0.25, 0.3) is 10.9 Å². The molecule has 1 aromatic carbocycles. The number of sulfonamides is 1. The van der Waals surface area contributed by atoms with Crippen LogP contribution in [0, 0.1) is 0 Å². The van der Waals surface area contributed by atoms with Gasteiger partial charge in [0.15, 0.2) is 0 Å². The van der Waals surface area contributed by atoms with E-state index in [0.29, 0.717) is 10.9 Å². The zero-order valence-corrected chi connectivity index (χ0v) is 11.3. The number of hydrogen-bond donors (Lipinski definition) is 3. The number of aromatic nitrogens is 1. The van der Waals surface area contributed by atoms with Crippen molar-refractivity contribution in [3.8, 4) is 0 Å². The molecule has 0 unspecified atom stereocenters. The highest BCUT2D eigenvalue weighted by Gasteiger charge is 2.16. The molecular formula is C12H14N4O3S. The molecule has 0 saturated carbocycles. The van der Waals surface area contributed by atoms with Gasteiger partial charge in [-0.15, -0.1) is 0 Å². The van der Waals surface area contributed by atoms with Crippen LogP contribution in [0.3, 0.4) is 0 Å². The molecule has 0 aliphatic rings. The van der Waals surface area contributed by atoms with Crippen LogP contribution in [0.15, 0.2) is 46.6 Å². The lowest BCUT2D eigenvalue weighted by Gasteiger charge is -2.08. The van der Waals surface area contributed by atoms with Gasteiger partial charge < -0.3 is 10.9 Å². The molecule has 0 amide bonds. The minimum atomic E-state index is -3.67. The molecule has 1 aromatic heterocycles. The maximum Gasteiger partial charge on any atom is 0.241 e. The SMILES string of the molecule is N/C(CCNS(=O)(=O)c1cccc2ncccc12)=N/O. The number of nitrogens with zero attached hydrogens (tertiary/aromatic N) is 2. The fraction of sp³-hybridized carbons (Fsp3) is 0.167. The van der Waals surface area contributed by atoms with Crippen LogP contribution in [0.5, 0.6) is 0 Å². The van der Waals surface area contributed by atoms with E-state index in [1.165, 1.54) is 6.07 Å². The van der Waals surface area contributed by atoms with Crippen LogP contribution in [-0.2, 0) is 10.0 Å². The number of fused-ring (bicyclic) bond motifs is 1. The van der Waals surface area contributed by atoms with Crippen molar-refractivity contribution in [2.75, 3.05) is 6.54 Å². The molecule has 2 aromatic rings. The summed E-state index contributed by atoms with van der Waals surface area (Å²) in [5.74, 6) is -0.0349. The highest BCUT2D eigenvalue weighted by molar-refractivity contribution is 7.89. The van der Waals surface area contributed by atoms with Gasteiger partial charge in [-0.25, -0.2) is 13.1 Å². The van der Waals surface area contributed by atoms with E-state index in [4.69, 9.17) is 10.9 Å². The minimum absolute atomic E-state index is 0.0349. The average Bonchev–Trinajstić information content (AvgIpc) is 2.46. The second-order valence-corrected chi connectivity index (χ2v) is 5.80. The number of benzene rings is 1. The van der Waals surface area contributed by atoms with Gasteiger partial charge in [-0.3, -0.25) is 4.98 Å². The molecule has 0 atom stereocenters. The Morgan fingerprint density at radius 2 is 2.15 bits per heavy atom. The summed E-state index contributed by atoms with van der Waals surface area (Å²) >= 11 is 0. The highest BCUT2D eigenvalue weighted by Crippen LogP contribution is 2.20. The Morgan fingerprint density at radius 1 is 1.35 bits per heavy atom. The minimum Gasteiger partial charge on any atom is -0.409 e. The molecule has 7 nitrogen and oxygen atoms in total. The fourth-order valence-electron chi connectivity index (χ4n) is 1.75. The van der Waals surface area contributed by atoms with Gasteiger partial charge in [0.05, 0.1) is 10.4 Å². The van der Waals surface area contributed by atoms with Gasteiger partial charge in [0.2, 0.25) is 10.0 Å². The van der Waals surface area contributed by atoms with E-state index in [1.54, 1.807) is 30.5 Å². The number of amidine groups is 1. The van der Waals surface area contributed by atoms with Crippen molar-refractivity contribution in [2.45, 2.75) is 11.3 Å². The highest BCUT2D eigenvalue weighted by atomic mass is 32.2. The van der Waals surface area contributed by atoms with Gasteiger partial charge in [-0.1, -0.05) is 11.2 Å². The van der Waals surface area contributed by atoms with Crippen molar-refractivity contribution in [2.24, 2.45) is 10.9 Å². The quantitative estimate of drug-likeness (QED) is 0.324. The Balaban J connectivity index is 2.28. The topological polar surface area (TPSA) is 118 Å². The van der Waals surface area contributed by atoms with Crippen molar-refractivity contribution in [1.29, 1.82) is 0 Å². The second-order valence-electron chi connectivity index (χ2n) is 4.07. The third kappa shape index (κ3) is 3.03. The molecule has 0 bridgehead atoms. The number of pyridine rings is 1. The summed E-state index contributed by atoms with van der Waals surface area (Å²) in [5, 5.41) is 11.7. The Hall–Kier alpha value is -2.19. The zero-order valence-electron chi connectivity index (χ0n) is 10.5. The predicted octanol–water partition coefficient (Wildman–Crippen LogP) is 0.650. The molecule has 0 saturated heterocycles. The van der Waals surface area contributed by atoms with Crippen LogP contribution in [0.2, 0.25) is 0 Å². The van der Waals surface area contributed by atoms with E-state index >= 15 is 0 Å². The third-order valence-electron chi connectivity index (χ3n) is 2.70. The smallest absolute Gasteiger partial charge is 0.241 e. The van der Waals surface area contributed by atoms with Crippen molar-refractivity contribution in [3.05, 3.63) is 36.5 Å². The number of hydrogen-bond acceptors (Lipinski definition) is 5. The largest absolute Gasteiger partial charge is 0.409 e. The van der Waals surface area contributed by atoms with E-state index in [9.17, 15) is 8.42 Å². The molecule has 0 radical (unpaired) electrons. The molecule has 0 aliphatic heterocycles. The van der Waals surface area contributed by atoms with Crippen molar-refractivity contribution in [3.63, 3.8) is 0 Å². The monoisotopic (exact) mass is 294 g/mol.